The van der Waals surface area contributed by atoms with Gasteiger partial charge in [-0.2, -0.15) is 0 Å². The molecule has 0 atom stereocenters. The molecule has 0 saturated heterocycles. The van der Waals surface area contributed by atoms with Crippen molar-refractivity contribution in [2.75, 3.05) is 7.11 Å². The Morgan fingerprint density at radius 2 is 2.17 bits per heavy atom. The minimum Gasteiger partial charge on any atom is -0.495 e. The maximum Gasteiger partial charge on any atom is 0.356 e. The molecule has 0 bridgehead atoms. The van der Waals surface area contributed by atoms with E-state index in [9.17, 15) is 9.59 Å². The van der Waals surface area contributed by atoms with Gasteiger partial charge in [0.1, 0.15) is 17.4 Å². The van der Waals surface area contributed by atoms with Gasteiger partial charge in [-0.1, -0.05) is 0 Å². The number of carboxylic acid groups (broad SMARTS) is 1. The van der Waals surface area contributed by atoms with Crippen molar-refractivity contribution in [1.29, 1.82) is 0 Å². The Morgan fingerprint density at radius 3 is 2.72 bits per heavy atom. The first-order valence-corrected chi connectivity index (χ1v) is 5.30. The average Bonchev–Trinajstić information content (AvgIpc) is 2.67. The van der Waals surface area contributed by atoms with Gasteiger partial charge < -0.3 is 9.84 Å². The Bertz CT molecular complexity index is 630. The fraction of sp³-hybridized carbons (Fsp3) is 0.250. The number of pyridine rings is 1. The van der Waals surface area contributed by atoms with Gasteiger partial charge in [0, 0.05) is 0 Å². The topological polar surface area (TPSA) is 80.9 Å². The first-order valence-electron chi connectivity index (χ1n) is 5.30. The molecule has 1 N–H and O–H groups in total. The molecule has 2 aromatic rings. The highest BCUT2D eigenvalue weighted by molar-refractivity contribution is 5.94. The third-order valence-electron chi connectivity index (χ3n) is 2.53. The van der Waals surface area contributed by atoms with Gasteiger partial charge in [0.05, 0.1) is 25.2 Å². The predicted molar refractivity (Wildman–Crippen MR) is 63.1 cm³/mol. The molecular weight excluding hydrogens is 236 g/mol. The van der Waals surface area contributed by atoms with Gasteiger partial charge >= 0.3 is 5.97 Å². The lowest BCUT2D eigenvalue weighted by Crippen LogP contribution is -2.02. The standard InChI is InChI=1S/C12H12N2O4/c1-7(15)5-10-13-11(12(16)17)9-4-3-8(18-2)6-14(9)10/h3-4,6H,5H2,1-2H3,(H,16,17). The van der Waals surface area contributed by atoms with Crippen LogP contribution in [-0.4, -0.2) is 33.4 Å². The molecule has 0 aliphatic heterocycles. The van der Waals surface area contributed by atoms with Crippen LogP contribution in [0.3, 0.4) is 0 Å². The maximum atomic E-state index is 11.2. The molecule has 6 heteroatoms. The molecule has 2 aromatic heterocycles. The Kier molecular flexibility index (Phi) is 3.01. The zero-order chi connectivity index (χ0) is 13.3. The van der Waals surface area contributed by atoms with E-state index in [1.54, 1.807) is 22.7 Å². The number of carbonyl (C=O) groups excluding carboxylic acids is 1. The highest BCUT2D eigenvalue weighted by Gasteiger charge is 2.17. The molecule has 0 spiro atoms. The SMILES string of the molecule is COc1ccc2c(C(=O)O)nc(CC(C)=O)n2c1. The van der Waals surface area contributed by atoms with Crippen molar-refractivity contribution >= 4 is 17.3 Å². The fourth-order valence-electron chi connectivity index (χ4n) is 1.75. The van der Waals surface area contributed by atoms with Crippen LogP contribution in [0.4, 0.5) is 0 Å². The highest BCUT2D eigenvalue weighted by atomic mass is 16.5. The molecule has 0 aliphatic carbocycles. The van der Waals surface area contributed by atoms with E-state index in [1.807, 2.05) is 0 Å². The second-order valence-corrected chi connectivity index (χ2v) is 3.88. The molecule has 6 nitrogen and oxygen atoms in total. The van der Waals surface area contributed by atoms with Gasteiger partial charge in [-0.25, -0.2) is 9.78 Å². The number of ether oxygens (including phenoxy) is 1. The summed E-state index contributed by atoms with van der Waals surface area (Å²) in [5, 5.41) is 9.06. The van der Waals surface area contributed by atoms with Crippen LogP contribution in [0.5, 0.6) is 5.75 Å². The average molecular weight is 248 g/mol. The molecule has 2 heterocycles. The number of aromatic carboxylic acids is 1. The van der Waals surface area contributed by atoms with Crippen LogP contribution >= 0.6 is 0 Å². The zero-order valence-corrected chi connectivity index (χ0v) is 10.0. The van der Waals surface area contributed by atoms with Gasteiger partial charge in [-0.15, -0.1) is 0 Å². The predicted octanol–water partition coefficient (Wildman–Crippen LogP) is 1.17. The number of aromatic nitrogens is 2. The van der Waals surface area contributed by atoms with E-state index in [0.29, 0.717) is 17.1 Å². The number of imidazole rings is 1. The van der Waals surface area contributed by atoms with Crippen LogP contribution in [0.25, 0.3) is 5.52 Å². The van der Waals surface area contributed by atoms with Crippen LogP contribution in [-0.2, 0) is 11.2 Å². The quantitative estimate of drug-likeness (QED) is 0.878. The molecule has 0 radical (unpaired) electrons. The summed E-state index contributed by atoms with van der Waals surface area (Å²) in [6, 6.07) is 3.26. The van der Waals surface area contributed by atoms with Gasteiger partial charge in [-0.05, 0) is 19.1 Å². The number of methoxy groups -OCH3 is 1. The van der Waals surface area contributed by atoms with Crippen LogP contribution in [0.1, 0.15) is 23.2 Å². The molecule has 0 aliphatic rings. The van der Waals surface area contributed by atoms with Crippen molar-refractivity contribution in [1.82, 2.24) is 9.38 Å². The maximum absolute atomic E-state index is 11.2. The summed E-state index contributed by atoms with van der Waals surface area (Å²) < 4.78 is 6.64. The van der Waals surface area contributed by atoms with Gasteiger partial charge in [0.15, 0.2) is 5.69 Å². The van der Waals surface area contributed by atoms with Crippen LogP contribution in [0.2, 0.25) is 0 Å². The Morgan fingerprint density at radius 1 is 1.44 bits per heavy atom. The number of ketones is 1. The Hall–Kier alpha value is -2.37. The van der Waals surface area contributed by atoms with E-state index in [2.05, 4.69) is 4.98 Å². The molecule has 0 saturated carbocycles. The second-order valence-electron chi connectivity index (χ2n) is 3.88. The number of carboxylic acids is 1. The number of rotatable bonds is 4. The molecule has 0 unspecified atom stereocenters. The monoisotopic (exact) mass is 248 g/mol. The van der Waals surface area contributed by atoms with E-state index in [1.165, 1.54) is 14.0 Å². The third kappa shape index (κ3) is 2.04. The number of hydrogen-bond acceptors (Lipinski definition) is 4. The summed E-state index contributed by atoms with van der Waals surface area (Å²) in [7, 11) is 1.51. The molecular formula is C12H12N2O4. The van der Waals surface area contributed by atoms with E-state index in [-0.39, 0.29) is 17.9 Å². The largest absolute Gasteiger partial charge is 0.495 e. The van der Waals surface area contributed by atoms with E-state index in [0.717, 1.165) is 0 Å². The molecule has 0 aromatic carbocycles. The Labute approximate surface area is 103 Å². The lowest BCUT2D eigenvalue weighted by Gasteiger charge is -2.02. The minimum absolute atomic E-state index is 0.0612. The number of carbonyl (C=O) groups is 2. The summed E-state index contributed by atoms with van der Waals surface area (Å²) in [4.78, 5) is 26.2. The number of Topliss-reactive ketones (excluding diaryl/α,β-unsaturated/α-hetero) is 1. The summed E-state index contributed by atoms with van der Waals surface area (Å²) in [6.45, 7) is 1.43. The summed E-state index contributed by atoms with van der Waals surface area (Å²) in [6.07, 6.45) is 1.70. The summed E-state index contributed by atoms with van der Waals surface area (Å²) >= 11 is 0. The summed E-state index contributed by atoms with van der Waals surface area (Å²) in [5.41, 5.74) is 0.383. The Balaban J connectivity index is 2.68. The van der Waals surface area contributed by atoms with E-state index < -0.39 is 5.97 Å². The van der Waals surface area contributed by atoms with Crippen molar-refractivity contribution in [2.24, 2.45) is 0 Å². The second kappa shape index (κ2) is 4.48. The van der Waals surface area contributed by atoms with Crippen LogP contribution < -0.4 is 4.74 Å². The molecule has 94 valence electrons. The minimum atomic E-state index is -1.12. The normalized spacial score (nSPS) is 10.6. The third-order valence-corrected chi connectivity index (χ3v) is 2.53. The molecule has 2 rings (SSSR count). The lowest BCUT2D eigenvalue weighted by molar-refractivity contribution is -0.116. The zero-order valence-electron chi connectivity index (χ0n) is 10.0. The molecule has 0 fully saturated rings. The number of fused-ring (bicyclic) bond motifs is 1. The van der Waals surface area contributed by atoms with E-state index >= 15 is 0 Å². The lowest BCUT2D eigenvalue weighted by atomic mass is 10.3. The smallest absolute Gasteiger partial charge is 0.356 e. The van der Waals surface area contributed by atoms with E-state index in [4.69, 9.17) is 9.84 Å². The van der Waals surface area contributed by atoms with Crippen LogP contribution in [0.15, 0.2) is 18.3 Å². The van der Waals surface area contributed by atoms with Gasteiger partial charge in [0.2, 0.25) is 0 Å². The number of hydrogen-bond donors (Lipinski definition) is 1. The van der Waals surface area contributed by atoms with Crippen LogP contribution in [0, 0.1) is 0 Å². The van der Waals surface area contributed by atoms with Crippen molar-refractivity contribution in [3.05, 3.63) is 29.8 Å². The molecule has 18 heavy (non-hydrogen) atoms. The highest BCUT2D eigenvalue weighted by Crippen LogP contribution is 2.19. The van der Waals surface area contributed by atoms with Crippen molar-refractivity contribution in [3.8, 4) is 5.75 Å². The summed E-state index contributed by atoms with van der Waals surface area (Å²) in [5.74, 6) is -0.232. The van der Waals surface area contributed by atoms with Crippen molar-refractivity contribution < 1.29 is 19.4 Å². The van der Waals surface area contributed by atoms with Gasteiger partial charge in [0.25, 0.3) is 0 Å². The first-order chi connectivity index (χ1) is 8.52. The fourth-order valence-corrected chi connectivity index (χ4v) is 1.75. The van der Waals surface area contributed by atoms with Crippen molar-refractivity contribution in [3.63, 3.8) is 0 Å². The molecule has 0 amide bonds. The van der Waals surface area contributed by atoms with Gasteiger partial charge in [-0.3, -0.25) is 9.20 Å². The first kappa shape index (κ1) is 12.1. The number of nitrogens with zero attached hydrogens (tertiary/aromatic N) is 2. The van der Waals surface area contributed by atoms with Crippen molar-refractivity contribution in [2.45, 2.75) is 13.3 Å².